The lowest BCUT2D eigenvalue weighted by Crippen LogP contribution is -2.12. The van der Waals surface area contributed by atoms with E-state index in [2.05, 4.69) is 10.6 Å². The summed E-state index contributed by atoms with van der Waals surface area (Å²) in [5.41, 5.74) is 0.426. The molecule has 0 aliphatic carbocycles. The Morgan fingerprint density at radius 1 is 1.14 bits per heavy atom. The van der Waals surface area contributed by atoms with Crippen molar-refractivity contribution in [3.05, 3.63) is 52.2 Å². The van der Waals surface area contributed by atoms with E-state index in [1.165, 1.54) is 24.3 Å². The van der Waals surface area contributed by atoms with E-state index in [0.717, 1.165) is 11.6 Å². The lowest BCUT2D eigenvalue weighted by atomic mass is 10.2. The van der Waals surface area contributed by atoms with Gasteiger partial charge < -0.3 is 10.6 Å². The molecule has 0 unspecified atom stereocenters. The minimum Gasteiger partial charge on any atom is -0.324 e. The average molecular weight is 322 g/mol. The predicted molar refractivity (Wildman–Crippen MR) is 82.6 cm³/mol. The molecule has 7 heteroatoms. The molecule has 2 aromatic rings. The smallest absolute Gasteiger partial charge is 0.248 e. The van der Waals surface area contributed by atoms with Crippen LogP contribution in [0.4, 0.5) is 20.2 Å². The first kappa shape index (κ1) is 15.8. The fourth-order valence-corrected chi connectivity index (χ4v) is 2.27. The normalized spacial score (nSPS) is 10.7. The third kappa shape index (κ3) is 4.23. The van der Waals surface area contributed by atoms with E-state index in [9.17, 15) is 18.4 Å². The number of rotatable bonds is 4. The monoisotopic (exact) mass is 322 g/mol. The summed E-state index contributed by atoms with van der Waals surface area (Å²) < 4.78 is 27.1. The van der Waals surface area contributed by atoms with Crippen LogP contribution in [-0.4, -0.2) is 11.8 Å². The Kier molecular flexibility index (Phi) is 5.00. The number of hydrogen-bond donors (Lipinski definition) is 2. The van der Waals surface area contributed by atoms with Gasteiger partial charge in [0.05, 0.1) is 11.4 Å². The van der Waals surface area contributed by atoms with E-state index < -0.39 is 23.4 Å². The van der Waals surface area contributed by atoms with Crippen molar-refractivity contribution in [2.24, 2.45) is 0 Å². The van der Waals surface area contributed by atoms with Gasteiger partial charge in [-0.15, -0.1) is 0 Å². The SMILES string of the molecule is CC(=O)Nc1cc(NC(=O)/C=C/c2ccsc2)c(F)cc1F. The molecule has 0 saturated carbocycles. The molecule has 4 nitrogen and oxygen atoms in total. The van der Waals surface area contributed by atoms with Crippen molar-refractivity contribution in [1.82, 2.24) is 0 Å². The van der Waals surface area contributed by atoms with Gasteiger partial charge >= 0.3 is 0 Å². The van der Waals surface area contributed by atoms with E-state index in [1.807, 2.05) is 16.8 Å². The first-order valence-electron chi connectivity index (χ1n) is 6.23. The van der Waals surface area contributed by atoms with Crippen LogP contribution in [0.15, 0.2) is 35.0 Å². The van der Waals surface area contributed by atoms with Crippen LogP contribution in [0.3, 0.4) is 0 Å². The van der Waals surface area contributed by atoms with Crippen LogP contribution in [0.25, 0.3) is 6.08 Å². The summed E-state index contributed by atoms with van der Waals surface area (Å²) in [7, 11) is 0. The first-order valence-corrected chi connectivity index (χ1v) is 7.18. The van der Waals surface area contributed by atoms with Crippen molar-refractivity contribution >= 4 is 40.6 Å². The van der Waals surface area contributed by atoms with Crippen LogP contribution >= 0.6 is 11.3 Å². The maximum absolute atomic E-state index is 13.7. The van der Waals surface area contributed by atoms with Gasteiger partial charge in [-0.25, -0.2) is 8.78 Å². The third-order valence-electron chi connectivity index (χ3n) is 2.60. The number of thiophene rings is 1. The van der Waals surface area contributed by atoms with Crippen LogP contribution < -0.4 is 10.6 Å². The lowest BCUT2D eigenvalue weighted by molar-refractivity contribution is -0.114. The summed E-state index contributed by atoms with van der Waals surface area (Å²) in [6, 6.07) is 3.45. The van der Waals surface area contributed by atoms with Gasteiger partial charge in [-0.1, -0.05) is 0 Å². The van der Waals surface area contributed by atoms with E-state index in [-0.39, 0.29) is 11.4 Å². The highest BCUT2D eigenvalue weighted by Gasteiger charge is 2.12. The molecule has 114 valence electrons. The largest absolute Gasteiger partial charge is 0.324 e. The van der Waals surface area contributed by atoms with Crippen molar-refractivity contribution in [3.8, 4) is 0 Å². The maximum Gasteiger partial charge on any atom is 0.248 e. The number of halogens is 2. The number of hydrogen-bond acceptors (Lipinski definition) is 3. The van der Waals surface area contributed by atoms with Crippen molar-refractivity contribution < 1.29 is 18.4 Å². The maximum atomic E-state index is 13.7. The molecule has 1 heterocycles. The van der Waals surface area contributed by atoms with Crippen LogP contribution in [0, 0.1) is 11.6 Å². The molecule has 0 fully saturated rings. The fourth-order valence-electron chi connectivity index (χ4n) is 1.65. The van der Waals surface area contributed by atoms with Gasteiger partial charge in [0, 0.05) is 19.1 Å². The molecule has 0 aliphatic heterocycles. The highest BCUT2D eigenvalue weighted by atomic mass is 32.1. The summed E-state index contributed by atoms with van der Waals surface area (Å²) in [5, 5.41) is 8.22. The molecule has 0 atom stereocenters. The number of benzene rings is 1. The highest BCUT2D eigenvalue weighted by Crippen LogP contribution is 2.23. The Bertz CT molecular complexity index is 727. The summed E-state index contributed by atoms with van der Waals surface area (Å²) in [5.74, 6) is -2.91. The number of amides is 2. The molecule has 2 N–H and O–H groups in total. The highest BCUT2D eigenvalue weighted by molar-refractivity contribution is 7.08. The van der Waals surface area contributed by atoms with Gasteiger partial charge in [-0.3, -0.25) is 9.59 Å². The van der Waals surface area contributed by atoms with E-state index in [1.54, 1.807) is 6.08 Å². The molecule has 0 aliphatic rings. The third-order valence-corrected chi connectivity index (χ3v) is 3.30. The van der Waals surface area contributed by atoms with Gasteiger partial charge in [0.25, 0.3) is 0 Å². The second-order valence-electron chi connectivity index (χ2n) is 4.37. The van der Waals surface area contributed by atoms with Crippen molar-refractivity contribution in [2.45, 2.75) is 6.92 Å². The zero-order valence-corrected chi connectivity index (χ0v) is 12.3. The lowest BCUT2D eigenvalue weighted by Gasteiger charge is -2.09. The van der Waals surface area contributed by atoms with E-state index in [0.29, 0.717) is 6.07 Å². The molecule has 2 amide bonds. The Labute approximate surface area is 129 Å². The minimum absolute atomic E-state index is 0.203. The number of carbonyl (C=O) groups is 2. The van der Waals surface area contributed by atoms with Gasteiger partial charge in [-0.05, 0) is 34.5 Å². The Hall–Kier alpha value is -2.54. The summed E-state index contributed by atoms with van der Waals surface area (Å²) in [6.07, 6.45) is 2.81. The van der Waals surface area contributed by atoms with Crippen LogP contribution in [0.1, 0.15) is 12.5 Å². The predicted octanol–water partition coefficient (Wildman–Crippen LogP) is 3.64. The Morgan fingerprint density at radius 3 is 2.41 bits per heavy atom. The summed E-state index contributed by atoms with van der Waals surface area (Å²) in [6.45, 7) is 1.20. The molecule has 0 bridgehead atoms. The van der Waals surface area contributed by atoms with Gasteiger partial charge in [0.1, 0.15) is 11.6 Å². The number of carbonyl (C=O) groups excluding carboxylic acids is 2. The van der Waals surface area contributed by atoms with Crippen molar-refractivity contribution in [2.75, 3.05) is 10.6 Å². The quantitative estimate of drug-likeness (QED) is 0.844. The number of nitrogens with one attached hydrogen (secondary N) is 2. The molecule has 22 heavy (non-hydrogen) atoms. The first-order chi connectivity index (χ1) is 10.5. The summed E-state index contributed by atoms with van der Waals surface area (Å²) >= 11 is 1.48. The van der Waals surface area contributed by atoms with Crippen LogP contribution in [0.5, 0.6) is 0 Å². The van der Waals surface area contributed by atoms with Crippen LogP contribution in [0.2, 0.25) is 0 Å². The molecular formula is C15H12F2N2O2S. The Morgan fingerprint density at radius 2 is 1.82 bits per heavy atom. The Balaban J connectivity index is 2.14. The standard InChI is InChI=1S/C15H12F2N2O2S/c1-9(20)18-13-7-14(12(17)6-11(13)16)19-15(21)3-2-10-4-5-22-8-10/h2-8H,1H3,(H,18,20)(H,19,21)/b3-2+. The molecular weight excluding hydrogens is 310 g/mol. The summed E-state index contributed by atoms with van der Waals surface area (Å²) in [4.78, 5) is 22.7. The zero-order chi connectivity index (χ0) is 16.1. The second-order valence-corrected chi connectivity index (χ2v) is 5.15. The zero-order valence-electron chi connectivity index (χ0n) is 11.5. The van der Waals surface area contributed by atoms with Crippen molar-refractivity contribution in [3.63, 3.8) is 0 Å². The van der Waals surface area contributed by atoms with Crippen molar-refractivity contribution in [1.29, 1.82) is 0 Å². The molecule has 1 aromatic heterocycles. The molecule has 0 saturated heterocycles. The minimum atomic E-state index is -0.927. The van der Waals surface area contributed by atoms with Crippen LogP contribution in [-0.2, 0) is 9.59 Å². The average Bonchev–Trinajstić information content (AvgIpc) is 2.94. The van der Waals surface area contributed by atoms with E-state index in [4.69, 9.17) is 0 Å². The fraction of sp³-hybridized carbons (Fsp3) is 0.0667. The molecule has 1 aromatic carbocycles. The molecule has 0 spiro atoms. The van der Waals surface area contributed by atoms with E-state index >= 15 is 0 Å². The van der Waals surface area contributed by atoms with Gasteiger partial charge in [-0.2, -0.15) is 11.3 Å². The molecule has 2 rings (SSSR count). The topological polar surface area (TPSA) is 58.2 Å². The molecule has 0 radical (unpaired) electrons. The van der Waals surface area contributed by atoms with Gasteiger partial charge in [0.2, 0.25) is 11.8 Å². The second kappa shape index (κ2) is 6.95. The van der Waals surface area contributed by atoms with Gasteiger partial charge in [0.15, 0.2) is 0 Å². The number of anilines is 2.